The van der Waals surface area contributed by atoms with Crippen molar-refractivity contribution in [2.24, 2.45) is 5.92 Å². The van der Waals surface area contributed by atoms with Crippen LogP contribution in [0.5, 0.6) is 5.75 Å². The number of nitrogens with one attached hydrogen (secondary N) is 1. The molecule has 0 spiro atoms. The Balaban J connectivity index is 2.58. The molecule has 114 valence electrons. The number of nitro benzene ring substituents is 1. The lowest BCUT2D eigenvalue weighted by atomic mass is 10.1. The monoisotopic (exact) mass is 296 g/mol. The third-order valence-electron chi connectivity index (χ3n) is 2.65. The average molecular weight is 296 g/mol. The zero-order chi connectivity index (χ0) is 16.0. The lowest BCUT2D eigenvalue weighted by molar-refractivity contribution is -0.384. The SMILES string of the molecule is CC(C)[C@H](NC(=O)COc1cccc([N+](=O)[O-])c1)C(=O)O. The second-order valence-electron chi connectivity index (χ2n) is 4.67. The molecule has 0 heterocycles. The quantitative estimate of drug-likeness (QED) is 0.576. The molecule has 0 radical (unpaired) electrons. The molecule has 1 aromatic rings. The van der Waals surface area contributed by atoms with Crippen LogP contribution < -0.4 is 10.1 Å². The van der Waals surface area contributed by atoms with E-state index >= 15 is 0 Å². The number of carboxylic acid groups (broad SMARTS) is 1. The normalized spacial score (nSPS) is 11.8. The maximum atomic E-state index is 11.6. The van der Waals surface area contributed by atoms with Gasteiger partial charge in [0.05, 0.1) is 11.0 Å². The van der Waals surface area contributed by atoms with Crippen LogP contribution in [-0.2, 0) is 9.59 Å². The molecule has 8 nitrogen and oxygen atoms in total. The number of non-ortho nitro benzene ring substituents is 1. The first kappa shape index (κ1) is 16.4. The van der Waals surface area contributed by atoms with E-state index in [9.17, 15) is 19.7 Å². The number of amides is 1. The Labute approximate surface area is 120 Å². The fraction of sp³-hybridized carbons (Fsp3) is 0.385. The van der Waals surface area contributed by atoms with Crippen molar-refractivity contribution in [3.63, 3.8) is 0 Å². The molecular formula is C13H16N2O6. The van der Waals surface area contributed by atoms with Gasteiger partial charge >= 0.3 is 5.97 Å². The van der Waals surface area contributed by atoms with Gasteiger partial charge < -0.3 is 15.2 Å². The molecule has 1 rings (SSSR count). The largest absolute Gasteiger partial charge is 0.484 e. The number of benzene rings is 1. The Bertz CT molecular complexity index is 543. The molecule has 2 N–H and O–H groups in total. The molecule has 8 heteroatoms. The van der Waals surface area contributed by atoms with E-state index < -0.39 is 29.4 Å². The molecule has 0 saturated heterocycles. The fourth-order valence-corrected chi connectivity index (χ4v) is 1.56. The first-order valence-electron chi connectivity index (χ1n) is 6.20. The molecule has 0 unspecified atom stereocenters. The molecule has 0 aromatic heterocycles. The Morgan fingerprint density at radius 3 is 2.62 bits per heavy atom. The Hall–Kier alpha value is -2.64. The van der Waals surface area contributed by atoms with Gasteiger partial charge in [0.15, 0.2) is 6.61 Å². The third kappa shape index (κ3) is 5.09. The summed E-state index contributed by atoms with van der Waals surface area (Å²) in [6, 6.07) is 4.37. The van der Waals surface area contributed by atoms with Crippen LogP contribution in [-0.4, -0.2) is 34.6 Å². The second kappa shape index (κ2) is 7.22. The van der Waals surface area contributed by atoms with E-state index in [-0.39, 0.29) is 17.4 Å². The summed E-state index contributed by atoms with van der Waals surface area (Å²) in [5, 5.41) is 21.9. The zero-order valence-electron chi connectivity index (χ0n) is 11.6. The predicted molar refractivity (Wildman–Crippen MR) is 73.0 cm³/mol. The van der Waals surface area contributed by atoms with Gasteiger partial charge in [0, 0.05) is 6.07 Å². The number of carbonyl (C=O) groups is 2. The van der Waals surface area contributed by atoms with E-state index in [0.29, 0.717) is 0 Å². The van der Waals surface area contributed by atoms with Gasteiger partial charge in [0.25, 0.3) is 11.6 Å². The Morgan fingerprint density at radius 2 is 2.10 bits per heavy atom. The van der Waals surface area contributed by atoms with Gasteiger partial charge in [-0.3, -0.25) is 14.9 Å². The second-order valence-corrected chi connectivity index (χ2v) is 4.67. The van der Waals surface area contributed by atoms with Crippen LogP contribution in [0.25, 0.3) is 0 Å². The standard InChI is InChI=1S/C13H16N2O6/c1-8(2)12(13(17)18)14-11(16)7-21-10-5-3-4-9(6-10)15(19)20/h3-6,8,12H,7H2,1-2H3,(H,14,16)(H,17,18)/t12-/m0/s1. The van der Waals surface area contributed by atoms with E-state index in [2.05, 4.69) is 5.32 Å². The van der Waals surface area contributed by atoms with E-state index in [1.54, 1.807) is 13.8 Å². The molecule has 21 heavy (non-hydrogen) atoms. The van der Waals surface area contributed by atoms with Gasteiger partial charge in [-0.05, 0) is 12.0 Å². The van der Waals surface area contributed by atoms with Crippen molar-refractivity contribution in [1.29, 1.82) is 0 Å². The van der Waals surface area contributed by atoms with Crippen LogP contribution in [0.15, 0.2) is 24.3 Å². The molecule has 0 bridgehead atoms. The van der Waals surface area contributed by atoms with Gasteiger partial charge in [-0.2, -0.15) is 0 Å². The Kier molecular flexibility index (Phi) is 5.65. The number of nitrogens with zero attached hydrogens (tertiary/aromatic N) is 1. The van der Waals surface area contributed by atoms with Gasteiger partial charge in [0.1, 0.15) is 11.8 Å². The van der Waals surface area contributed by atoms with Crippen LogP contribution in [0.3, 0.4) is 0 Å². The number of ether oxygens (including phenoxy) is 1. The third-order valence-corrected chi connectivity index (χ3v) is 2.65. The molecular weight excluding hydrogens is 280 g/mol. The van der Waals surface area contributed by atoms with Gasteiger partial charge in [-0.1, -0.05) is 19.9 Å². The summed E-state index contributed by atoms with van der Waals surface area (Å²) in [5.74, 6) is -1.85. The van der Waals surface area contributed by atoms with Crippen molar-refractivity contribution in [2.45, 2.75) is 19.9 Å². The van der Waals surface area contributed by atoms with Crippen molar-refractivity contribution in [3.05, 3.63) is 34.4 Å². The molecule has 0 aliphatic rings. The maximum Gasteiger partial charge on any atom is 0.326 e. The fourth-order valence-electron chi connectivity index (χ4n) is 1.56. The number of carboxylic acids is 1. The average Bonchev–Trinajstić information content (AvgIpc) is 2.42. The van der Waals surface area contributed by atoms with Gasteiger partial charge in [-0.15, -0.1) is 0 Å². The van der Waals surface area contributed by atoms with Crippen LogP contribution >= 0.6 is 0 Å². The summed E-state index contributed by atoms with van der Waals surface area (Å²) in [5.41, 5.74) is -0.154. The van der Waals surface area contributed by atoms with Crippen molar-refractivity contribution in [2.75, 3.05) is 6.61 Å². The number of aliphatic carboxylic acids is 1. The van der Waals surface area contributed by atoms with Crippen molar-refractivity contribution >= 4 is 17.6 Å². The number of hydrogen-bond donors (Lipinski definition) is 2. The van der Waals surface area contributed by atoms with Crippen LogP contribution in [0.2, 0.25) is 0 Å². The molecule has 0 aliphatic carbocycles. The summed E-state index contributed by atoms with van der Waals surface area (Å²) < 4.78 is 5.11. The first-order chi connectivity index (χ1) is 9.81. The number of carbonyl (C=O) groups excluding carboxylic acids is 1. The minimum absolute atomic E-state index is 0.154. The predicted octanol–water partition coefficient (Wildman–Crippen LogP) is 1.20. The van der Waals surface area contributed by atoms with Gasteiger partial charge in [0.2, 0.25) is 0 Å². The van der Waals surface area contributed by atoms with Gasteiger partial charge in [-0.25, -0.2) is 4.79 Å². The van der Waals surface area contributed by atoms with E-state index in [0.717, 1.165) is 0 Å². The summed E-state index contributed by atoms with van der Waals surface area (Å²) in [7, 11) is 0. The minimum Gasteiger partial charge on any atom is -0.484 e. The summed E-state index contributed by atoms with van der Waals surface area (Å²) in [4.78, 5) is 32.6. The summed E-state index contributed by atoms with van der Waals surface area (Å²) >= 11 is 0. The smallest absolute Gasteiger partial charge is 0.326 e. The molecule has 1 atom stereocenters. The number of rotatable bonds is 7. The summed E-state index contributed by atoms with van der Waals surface area (Å²) in [6.45, 7) is 2.92. The lowest BCUT2D eigenvalue weighted by Gasteiger charge is -2.17. The number of nitro groups is 1. The Morgan fingerprint density at radius 1 is 1.43 bits per heavy atom. The minimum atomic E-state index is -1.13. The van der Waals surface area contributed by atoms with Crippen LogP contribution in [0, 0.1) is 16.0 Å². The molecule has 0 aliphatic heterocycles. The lowest BCUT2D eigenvalue weighted by Crippen LogP contribution is -2.46. The van der Waals surface area contributed by atoms with E-state index in [1.165, 1.54) is 24.3 Å². The van der Waals surface area contributed by atoms with Crippen molar-refractivity contribution in [1.82, 2.24) is 5.32 Å². The van der Waals surface area contributed by atoms with Crippen LogP contribution in [0.4, 0.5) is 5.69 Å². The molecule has 0 saturated carbocycles. The van der Waals surface area contributed by atoms with Crippen LogP contribution in [0.1, 0.15) is 13.8 Å². The van der Waals surface area contributed by atoms with Crippen molar-refractivity contribution < 1.29 is 24.4 Å². The molecule has 1 amide bonds. The first-order valence-corrected chi connectivity index (χ1v) is 6.20. The highest BCUT2D eigenvalue weighted by molar-refractivity contribution is 5.84. The van der Waals surface area contributed by atoms with E-state index in [1.807, 2.05) is 0 Å². The van der Waals surface area contributed by atoms with E-state index in [4.69, 9.17) is 9.84 Å². The van der Waals surface area contributed by atoms with Crippen molar-refractivity contribution in [3.8, 4) is 5.75 Å². The maximum absolute atomic E-state index is 11.6. The molecule has 1 aromatic carbocycles. The summed E-state index contributed by atoms with van der Waals surface area (Å²) in [6.07, 6.45) is 0. The zero-order valence-corrected chi connectivity index (χ0v) is 11.6. The highest BCUT2D eigenvalue weighted by Crippen LogP contribution is 2.18. The highest BCUT2D eigenvalue weighted by Gasteiger charge is 2.23. The number of hydrogen-bond acceptors (Lipinski definition) is 5. The topological polar surface area (TPSA) is 119 Å². The highest BCUT2D eigenvalue weighted by atomic mass is 16.6. The molecule has 0 fully saturated rings.